The zero-order chi connectivity index (χ0) is 13.1. The molecule has 2 amide bonds. The van der Waals surface area contributed by atoms with E-state index in [-0.39, 0.29) is 23.3 Å². The number of hydrogen-bond donors (Lipinski definition) is 1. The molecule has 0 atom stereocenters. The lowest BCUT2D eigenvalue weighted by Gasteiger charge is -2.23. The van der Waals surface area contributed by atoms with Crippen LogP contribution >= 0.6 is 11.8 Å². The Morgan fingerprint density at radius 1 is 1.44 bits per heavy atom. The third kappa shape index (κ3) is 2.67. The highest BCUT2D eigenvalue weighted by Crippen LogP contribution is 2.20. The quantitative estimate of drug-likeness (QED) is 0.888. The number of hydrogen-bond acceptors (Lipinski definition) is 5. The van der Waals surface area contributed by atoms with Gasteiger partial charge < -0.3 is 5.11 Å². The molecule has 1 saturated heterocycles. The average Bonchev–Trinajstić information content (AvgIpc) is 2.34. The summed E-state index contributed by atoms with van der Waals surface area (Å²) in [5.41, 5.74) is 0.564. The number of carboxylic acid groups (broad SMARTS) is 1. The van der Waals surface area contributed by atoms with Crippen LogP contribution in [0.5, 0.6) is 0 Å². The Morgan fingerprint density at radius 2 is 2.22 bits per heavy atom. The molecule has 6 nitrogen and oxygen atoms in total. The fraction of sp³-hybridized carbons (Fsp3) is 0.273. The fourth-order valence-corrected chi connectivity index (χ4v) is 2.27. The molecule has 1 aliphatic heterocycles. The van der Waals surface area contributed by atoms with Crippen molar-refractivity contribution < 1.29 is 19.5 Å². The van der Waals surface area contributed by atoms with Gasteiger partial charge in [0.2, 0.25) is 5.91 Å². The van der Waals surface area contributed by atoms with Crippen LogP contribution < -0.4 is 0 Å². The van der Waals surface area contributed by atoms with Gasteiger partial charge in [-0.2, -0.15) is 0 Å². The van der Waals surface area contributed by atoms with Gasteiger partial charge in [-0.05, 0) is 12.1 Å². The molecular weight excluding hydrogens is 256 g/mol. The van der Waals surface area contributed by atoms with Crippen LogP contribution in [-0.2, 0) is 11.3 Å². The van der Waals surface area contributed by atoms with Gasteiger partial charge in [0.1, 0.15) is 0 Å². The summed E-state index contributed by atoms with van der Waals surface area (Å²) in [5, 5.41) is 8.44. The van der Waals surface area contributed by atoms with E-state index in [9.17, 15) is 14.4 Å². The van der Waals surface area contributed by atoms with E-state index in [0.717, 1.165) is 16.7 Å². The Bertz CT molecular complexity index is 484. The monoisotopic (exact) mass is 266 g/mol. The Morgan fingerprint density at radius 3 is 2.78 bits per heavy atom. The van der Waals surface area contributed by atoms with Crippen LogP contribution in [0.3, 0.4) is 0 Å². The molecule has 0 saturated carbocycles. The fourth-order valence-electron chi connectivity index (χ4n) is 1.50. The number of nitrogens with zero attached hydrogens (tertiary/aromatic N) is 2. The molecule has 0 unspecified atom stereocenters. The number of carbonyl (C=O) groups excluding carboxylic acids is 2. The number of carbonyl (C=O) groups is 3. The highest BCUT2D eigenvalue weighted by atomic mass is 32.2. The topological polar surface area (TPSA) is 87.6 Å². The molecule has 1 aromatic heterocycles. The first-order valence-corrected chi connectivity index (χ1v) is 6.22. The van der Waals surface area contributed by atoms with Crippen LogP contribution in [0, 0.1) is 0 Å². The number of pyridine rings is 1. The van der Waals surface area contributed by atoms with Crippen molar-refractivity contribution >= 4 is 28.9 Å². The minimum Gasteiger partial charge on any atom is -0.478 e. The molecule has 1 N–H and O–H groups in total. The van der Waals surface area contributed by atoms with Gasteiger partial charge in [-0.1, -0.05) is 11.8 Å². The third-order valence-corrected chi connectivity index (χ3v) is 3.33. The van der Waals surface area contributed by atoms with E-state index in [1.807, 2.05) is 0 Å². The molecule has 0 aliphatic carbocycles. The lowest BCUT2D eigenvalue weighted by atomic mass is 10.2. The Balaban J connectivity index is 2.11. The summed E-state index contributed by atoms with van der Waals surface area (Å²) in [5.74, 6) is -0.767. The van der Waals surface area contributed by atoms with E-state index >= 15 is 0 Å². The van der Waals surface area contributed by atoms with Crippen molar-refractivity contribution in [1.82, 2.24) is 9.88 Å². The van der Waals surface area contributed by atoms with Crippen LogP contribution in [0.1, 0.15) is 22.5 Å². The summed E-state index contributed by atoms with van der Waals surface area (Å²) >= 11 is 1.10. The lowest BCUT2D eigenvalue weighted by Crippen LogP contribution is -2.37. The van der Waals surface area contributed by atoms with Crippen molar-refractivity contribution in [3.05, 3.63) is 29.6 Å². The SMILES string of the molecule is O=C(O)c1ccc(CN2C(=O)CCSC2=O)nc1. The molecule has 2 rings (SSSR count). The summed E-state index contributed by atoms with van der Waals surface area (Å²) in [7, 11) is 0. The van der Waals surface area contributed by atoms with Crippen molar-refractivity contribution in [2.24, 2.45) is 0 Å². The van der Waals surface area contributed by atoms with E-state index < -0.39 is 5.97 Å². The summed E-state index contributed by atoms with van der Waals surface area (Å²) < 4.78 is 0. The van der Waals surface area contributed by atoms with Crippen LogP contribution in [-0.4, -0.2) is 37.9 Å². The largest absolute Gasteiger partial charge is 0.478 e. The second-order valence-electron chi connectivity index (χ2n) is 3.69. The van der Waals surface area contributed by atoms with Gasteiger partial charge in [0, 0.05) is 18.4 Å². The van der Waals surface area contributed by atoms with Crippen LogP contribution in [0.25, 0.3) is 0 Å². The van der Waals surface area contributed by atoms with Crippen LogP contribution in [0.2, 0.25) is 0 Å². The standard InChI is InChI=1S/C11H10N2O4S/c14-9-3-4-18-11(17)13(9)6-8-2-1-7(5-12-8)10(15)16/h1-2,5H,3-4,6H2,(H,15,16). The Hall–Kier alpha value is -1.89. The molecule has 1 fully saturated rings. The van der Waals surface area contributed by atoms with E-state index in [0.29, 0.717) is 17.9 Å². The van der Waals surface area contributed by atoms with Gasteiger partial charge >= 0.3 is 5.97 Å². The molecular formula is C11H10N2O4S. The summed E-state index contributed by atoms with van der Waals surface area (Å²) in [4.78, 5) is 38.8. The number of thioether (sulfide) groups is 1. The van der Waals surface area contributed by atoms with Gasteiger partial charge in [0.25, 0.3) is 5.24 Å². The first-order valence-electron chi connectivity index (χ1n) is 5.23. The minimum absolute atomic E-state index is 0.0735. The maximum Gasteiger partial charge on any atom is 0.337 e. The molecule has 18 heavy (non-hydrogen) atoms. The van der Waals surface area contributed by atoms with Crippen LogP contribution in [0.15, 0.2) is 18.3 Å². The van der Waals surface area contributed by atoms with Gasteiger partial charge in [-0.15, -0.1) is 0 Å². The number of carboxylic acids is 1. The molecule has 1 aliphatic rings. The van der Waals surface area contributed by atoms with Gasteiger partial charge in [-0.3, -0.25) is 19.5 Å². The first-order chi connectivity index (χ1) is 8.58. The van der Waals surface area contributed by atoms with Gasteiger partial charge in [0.15, 0.2) is 0 Å². The first kappa shape index (κ1) is 12.6. The maximum absolute atomic E-state index is 11.6. The molecule has 2 heterocycles. The van der Waals surface area contributed by atoms with Crippen molar-refractivity contribution in [3.8, 4) is 0 Å². The summed E-state index contributed by atoms with van der Waals surface area (Å²) in [6.07, 6.45) is 1.55. The summed E-state index contributed by atoms with van der Waals surface area (Å²) in [6.45, 7) is 0.0879. The number of rotatable bonds is 3. The zero-order valence-corrected chi connectivity index (χ0v) is 10.1. The van der Waals surface area contributed by atoms with Crippen molar-refractivity contribution in [3.63, 3.8) is 0 Å². The van der Waals surface area contributed by atoms with Crippen molar-refractivity contribution in [2.45, 2.75) is 13.0 Å². The highest BCUT2D eigenvalue weighted by Gasteiger charge is 2.26. The molecule has 0 radical (unpaired) electrons. The number of amides is 2. The van der Waals surface area contributed by atoms with Crippen molar-refractivity contribution in [1.29, 1.82) is 0 Å². The van der Waals surface area contributed by atoms with Gasteiger partial charge in [-0.25, -0.2) is 4.79 Å². The maximum atomic E-state index is 11.6. The predicted molar refractivity (Wildman–Crippen MR) is 64.2 cm³/mol. The van der Waals surface area contributed by atoms with E-state index in [1.54, 1.807) is 0 Å². The molecule has 0 spiro atoms. The van der Waals surface area contributed by atoms with E-state index in [1.165, 1.54) is 18.3 Å². The smallest absolute Gasteiger partial charge is 0.337 e. The van der Waals surface area contributed by atoms with Gasteiger partial charge in [0.05, 0.1) is 17.8 Å². The highest BCUT2D eigenvalue weighted by molar-refractivity contribution is 8.13. The third-order valence-electron chi connectivity index (χ3n) is 2.45. The predicted octanol–water partition coefficient (Wildman–Crippen LogP) is 1.37. The van der Waals surface area contributed by atoms with E-state index in [4.69, 9.17) is 5.11 Å². The average molecular weight is 266 g/mol. The molecule has 7 heteroatoms. The second kappa shape index (κ2) is 5.18. The molecule has 0 bridgehead atoms. The normalized spacial score (nSPS) is 15.9. The van der Waals surface area contributed by atoms with Crippen molar-refractivity contribution in [2.75, 3.05) is 5.75 Å². The number of aromatic nitrogens is 1. The second-order valence-corrected chi connectivity index (χ2v) is 4.73. The summed E-state index contributed by atoms with van der Waals surface area (Å²) in [6, 6.07) is 2.90. The Labute approximate surface area is 107 Å². The number of imide groups is 1. The molecule has 94 valence electrons. The Kier molecular flexibility index (Phi) is 3.61. The van der Waals surface area contributed by atoms with E-state index in [2.05, 4.69) is 4.98 Å². The zero-order valence-electron chi connectivity index (χ0n) is 9.33. The minimum atomic E-state index is -1.06. The van der Waals surface area contributed by atoms with Crippen LogP contribution in [0.4, 0.5) is 4.79 Å². The molecule has 0 aromatic carbocycles. The number of aromatic carboxylic acids is 1. The lowest BCUT2D eigenvalue weighted by molar-refractivity contribution is -0.128. The molecule has 1 aromatic rings.